The smallest absolute Gasteiger partial charge is 0.154 e. The number of hydrogen-bond donors (Lipinski definition) is 0. The van der Waals surface area contributed by atoms with Gasteiger partial charge >= 0.3 is 0 Å². The summed E-state index contributed by atoms with van der Waals surface area (Å²) < 4.78 is 8.60. The first-order chi connectivity index (χ1) is 13.3. The number of hydrogen-bond acceptors (Lipinski definition) is 3. The van der Waals surface area contributed by atoms with Gasteiger partial charge in [0.1, 0.15) is 11.3 Å². The van der Waals surface area contributed by atoms with Gasteiger partial charge in [0.05, 0.1) is 12.0 Å². The number of rotatable bonds is 3. The number of likely N-dealkylation sites (tertiary alicyclic amines) is 1. The van der Waals surface area contributed by atoms with Gasteiger partial charge in [0.25, 0.3) is 0 Å². The van der Waals surface area contributed by atoms with E-state index < -0.39 is 0 Å². The maximum absolute atomic E-state index is 6.26. The Morgan fingerprint density at radius 1 is 0.963 bits per heavy atom. The van der Waals surface area contributed by atoms with Crippen LogP contribution in [0.5, 0.6) is 0 Å². The Morgan fingerprint density at radius 3 is 2.48 bits per heavy atom. The third-order valence-corrected chi connectivity index (χ3v) is 5.58. The molecule has 1 aliphatic rings. The van der Waals surface area contributed by atoms with E-state index in [0.29, 0.717) is 6.04 Å². The van der Waals surface area contributed by atoms with Gasteiger partial charge in [-0.1, -0.05) is 48.5 Å². The third-order valence-electron chi connectivity index (χ3n) is 5.58. The molecule has 0 N–H and O–H groups in total. The van der Waals surface area contributed by atoms with Crippen LogP contribution in [-0.4, -0.2) is 34.6 Å². The number of furan rings is 1. The fourth-order valence-electron chi connectivity index (χ4n) is 4.06. The molecule has 0 spiro atoms. The van der Waals surface area contributed by atoms with Crippen LogP contribution in [0.1, 0.15) is 18.9 Å². The van der Waals surface area contributed by atoms with Gasteiger partial charge in [-0.3, -0.25) is 0 Å². The van der Waals surface area contributed by atoms with Crippen LogP contribution >= 0.6 is 0 Å². The zero-order valence-electron chi connectivity index (χ0n) is 15.5. The predicted octanol–water partition coefficient (Wildman–Crippen LogP) is 5.23. The van der Waals surface area contributed by atoms with Gasteiger partial charge in [0.15, 0.2) is 5.76 Å². The van der Waals surface area contributed by atoms with Gasteiger partial charge in [0.2, 0.25) is 0 Å². The van der Waals surface area contributed by atoms with E-state index in [0.717, 1.165) is 59.6 Å². The van der Waals surface area contributed by atoms with E-state index in [1.165, 1.54) is 0 Å². The molecular weight excluding hydrogens is 334 g/mol. The normalized spacial score (nSPS) is 16.2. The summed E-state index contributed by atoms with van der Waals surface area (Å²) in [4.78, 5) is 7.21. The minimum atomic E-state index is 0.453. The van der Waals surface area contributed by atoms with Crippen molar-refractivity contribution in [2.24, 2.45) is 0 Å². The molecule has 4 nitrogen and oxygen atoms in total. The van der Waals surface area contributed by atoms with E-state index in [2.05, 4.69) is 52.9 Å². The Labute approximate surface area is 159 Å². The molecule has 0 atom stereocenters. The minimum Gasteiger partial charge on any atom is -0.454 e. The number of aromatic nitrogens is 2. The Kier molecular flexibility index (Phi) is 4.06. The molecule has 1 aliphatic heterocycles. The summed E-state index contributed by atoms with van der Waals surface area (Å²) >= 11 is 0. The van der Waals surface area contributed by atoms with Crippen LogP contribution in [0.3, 0.4) is 0 Å². The Morgan fingerprint density at radius 2 is 1.70 bits per heavy atom. The topological polar surface area (TPSA) is 34.2 Å². The quantitative estimate of drug-likeness (QED) is 0.503. The molecule has 0 amide bonds. The molecule has 4 aromatic rings. The molecule has 3 heterocycles. The second-order valence-corrected chi connectivity index (χ2v) is 7.40. The zero-order valence-corrected chi connectivity index (χ0v) is 15.5. The summed E-state index contributed by atoms with van der Waals surface area (Å²) in [6.07, 6.45) is 4.27. The molecule has 27 heavy (non-hydrogen) atoms. The van der Waals surface area contributed by atoms with Crippen molar-refractivity contribution in [1.29, 1.82) is 0 Å². The van der Waals surface area contributed by atoms with Gasteiger partial charge in [-0.15, -0.1) is 0 Å². The first-order valence-electron chi connectivity index (χ1n) is 9.59. The molecule has 4 heteroatoms. The van der Waals surface area contributed by atoms with Crippen molar-refractivity contribution in [1.82, 2.24) is 14.5 Å². The Bertz CT molecular complexity index is 1020. The maximum Gasteiger partial charge on any atom is 0.154 e. The molecule has 1 saturated heterocycles. The third kappa shape index (κ3) is 2.96. The van der Waals surface area contributed by atoms with Crippen LogP contribution < -0.4 is 0 Å². The maximum atomic E-state index is 6.26. The minimum absolute atomic E-state index is 0.453. The molecule has 136 valence electrons. The van der Waals surface area contributed by atoms with Crippen molar-refractivity contribution < 1.29 is 4.42 Å². The van der Waals surface area contributed by atoms with Gasteiger partial charge in [-0.2, -0.15) is 0 Å². The highest BCUT2D eigenvalue weighted by atomic mass is 16.3. The highest BCUT2D eigenvalue weighted by molar-refractivity contribution is 5.85. The first kappa shape index (κ1) is 16.3. The van der Waals surface area contributed by atoms with Crippen molar-refractivity contribution in [3.8, 4) is 22.7 Å². The number of fused-ring (bicyclic) bond motifs is 1. The molecule has 2 aromatic heterocycles. The predicted molar refractivity (Wildman–Crippen MR) is 109 cm³/mol. The highest BCUT2D eigenvalue weighted by Gasteiger charge is 2.25. The highest BCUT2D eigenvalue weighted by Crippen LogP contribution is 2.38. The summed E-state index contributed by atoms with van der Waals surface area (Å²) in [5, 5.41) is 1.13. The van der Waals surface area contributed by atoms with E-state index in [9.17, 15) is 0 Å². The largest absolute Gasteiger partial charge is 0.454 e. The average Bonchev–Trinajstić information content (AvgIpc) is 3.33. The van der Waals surface area contributed by atoms with Crippen molar-refractivity contribution in [2.75, 3.05) is 20.1 Å². The van der Waals surface area contributed by atoms with Crippen LogP contribution in [-0.2, 0) is 0 Å². The Hall–Kier alpha value is -2.85. The van der Waals surface area contributed by atoms with Crippen LogP contribution in [0.2, 0.25) is 0 Å². The van der Waals surface area contributed by atoms with E-state index in [4.69, 9.17) is 9.40 Å². The second kappa shape index (κ2) is 6.71. The lowest BCUT2D eigenvalue weighted by Crippen LogP contribution is -2.31. The van der Waals surface area contributed by atoms with Crippen LogP contribution in [0.4, 0.5) is 0 Å². The fourth-order valence-corrected chi connectivity index (χ4v) is 4.06. The van der Waals surface area contributed by atoms with Crippen LogP contribution in [0, 0.1) is 0 Å². The molecule has 1 fully saturated rings. The summed E-state index contributed by atoms with van der Waals surface area (Å²) in [5.74, 6) is 0.895. The molecule has 0 aliphatic carbocycles. The van der Waals surface area contributed by atoms with Gasteiger partial charge < -0.3 is 13.9 Å². The molecule has 5 rings (SSSR count). The SMILES string of the molecule is CN1CCC(n2cnc(-c3ccccc3)c2-c2cc3ccccc3o2)CC1. The zero-order chi connectivity index (χ0) is 18.2. The molecule has 0 saturated carbocycles. The van der Waals surface area contributed by atoms with Gasteiger partial charge in [0, 0.05) is 17.0 Å². The van der Waals surface area contributed by atoms with E-state index >= 15 is 0 Å². The second-order valence-electron chi connectivity index (χ2n) is 7.40. The lowest BCUT2D eigenvalue weighted by molar-refractivity contribution is 0.222. The average molecular weight is 357 g/mol. The summed E-state index contributed by atoms with van der Waals surface area (Å²) in [5.41, 5.74) is 4.13. The van der Waals surface area contributed by atoms with Crippen molar-refractivity contribution in [2.45, 2.75) is 18.9 Å². The number of para-hydroxylation sites is 1. The molecular formula is C23H23N3O. The molecule has 0 unspecified atom stereocenters. The van der Waals surface area contributed by atoms with Gasteiger partial charge in [-0.05, 0) is 45.1 Å². The van der Waals surface area contributed by atoms with E-state index in [1.807, 2.05) is 30.6 Å². The summed E-state index contributed by atoms with van der Waals surface area (Å²) in [6.45, 7) is 2.23. The lowest BCUT2D eigenvalue weighted by atomic mass is 10.0. The number of benzene rings is 2. The van der Waals surface area contributed by atoms with Crippen molar-refractivity contribution >= 4 is 11.0 Å². The first-order valence-corrected chi connectivity index (χ1v) is 9.59. The van der Waals surface area contributed by atoms with Crippen LogP contribution in [0.25, 0.3) is 33.7 Å². The molecule has 0 radical (unpaired) electrons. The van der Waals surface area contributed by atoms with Crippen molar-refractivity contribution in [3.05, 3.63) is 67.0 Å². The van der Waals surface area contributed by atoms with E-state index in [1.54, 1.807) is 0 Å². The number of imidazole rings is 1. The van der Waals surface area contributed by atoms with Gasteiger partial charge in [-0.25, -0.2) is 4.98 Å². The summed E-state index contributed by atoms with van der Waals surface area (Å²) in [7, 11) is 2.19. The van der Waals surface area contributed by atoms with E-state index in [-0.39, 0.29) is 0 Å². The monoisotopic (exact) mass is 357 g/mol. The number of piperidine rings is 1. The standard InChI is InChI=1S/C23H23N3O/c1-25-13-11-19(12-14-25)26-16-24-22(17-7-3-2-4-8-17)23(26)21-15-18-9-5-6-10-20(18)27-21/h2-10,15-16,19H,11-14H2,1H3. The van der Waals surface area contributed by atoms with Crippen molar-refractivity contribution in [3.63, 3.8) is 0 Å². The molecule has 0 bridgehead atoms. The summed E-state index contributed by atoms with van der Waals surface area (Å²) in [6, 6.07) is 21.2. The fraction of sp³-hybridized carbons (Fsp3) is 0.261. The Balaban J connectivity index is 1.67. The molecule has 2 aromatic carbocycles. The lowest BCUT2D eigenvalue weighted by Gasteiger charge is -2.30. The number of nitrogens with zero attached hydrogens (tertiary/aromatic N) is 3. The van der Waals surface area contributed by atoms with Crippen LogP contribution in [0.15, 0.2) is 71.4 Å².